The Balaban J connectivity index is 1.13. The molecular weight excluding hydrogens is 476 g/mol. The largest absolute Gasteiger partial charge is 0.356 e. The smallest absolute Gasteiger partial charge is 0.253 e. The third-order valence-electron chi connectivity index (χ3n) is 6.93. The summed E-state index contributed by atoms with van der Waals surface area (Å²) in [5.74, 6) is 2.44. The molecule has 2 aliphatic heterocycles. The van der Waals surface area contributed by atoms with Crippen LogP contribution in [0.3, 0.4) is 0 Å². The Labute approximate surface area is 216 Å². The Bertz CT molecular complexity index is 1130. The summed E-state index contributed by atoms with van der Waals surface area (Å²) < 4.78 is 0. The van der Waals surface area contributed by atoms with Crippen molar-refractivity contribution in [3.63, 3.8) is 0 Å². The molecule has 2 aromatic carbocycles. The van der Waals surface area contributed by atoms with Gasteiger partial charge in [0.25, 0.3) is 5.91 Å². The van der Waals surface area contributed by atoms with Crippen LogP contribution in [0.5, 0.6) is 0 Å². The number of anilines is 1. The van der Waals surface area contributed by atoms with Gasteiger partial charge in [-0.1, -0.05) is 65.8 Å². The monoisotopic (exact) mass is 506 g/mol. The van der Waals surface area contributed by atoms with Crippen LogP contribution in [0, 0.1) is 5.92 Å². The fourth-order valence-corrected chi connectivity index (χ4v) is 5.96. The van der Waals surface area contributed by atoms with Crippen molar-refractivity contribution in [2.75, 3.05) is 31.1 Å². The van der Waals surface area contributed by atoms with Gasteiger partial charge in [-0.15, -0.1) is 0 Å². The second-order valence-electron chi connectivity index (χ2n) is 9.44. The summed E-state index contributed by atoms with van der Waals surface area (Å²) in [4.78, 5) is 26.4. The lowest BCUT2D eigenvalue weighted by molar-refractivity contribution is 0.0690. The van der Waals surface area contributed by atoms with Gasteiger partial charge in [0.1, 0.15) is 11.0 Å². The second-order valence-corrected chi connectivity index (χ2v) is 10.8. The number of carbonyl (C=O) groups excluding carboxylic acids is 1. The average Bonchev–Trinajstić information content (AvgIpc) is 3.44. The molecule has 0 radical (unpaired) electrons. The first kappa shape index (κ1) is 24.1. The first-order valence-electron chi connectivity index (χ1n) is 12.5. The highest BCUT2D eigenvalue weighted by Crippen LogP contribution is 2.27. The highest BCUT2D eigenvalue weighted by atomic mass is 35.5. The second kappa shape index (κ2) is 11.4. The molecule has 3 heterocycles. The van der Waals surface area contributed by atoms with Crippen LogP contribution in [0.1, 0.15) is 47.2 Å². The van der Waals surface area contributed by atoms with Crippen molar-refractivity contribution >= 4 is 35.1 Å². The van der Waals surface area contributed by atoms with Gasteiger partial charge < -0.3 is 9.80 Å². The van der Waals surface area contributed by atoms with Gasteiger partial charge in [-0.05, 0) is 61.3 Å². The van der Waals surface area contributed by atoms with Crippen molar-refractivity contribution in [1.29, 1.82) is 0 Å². The van der Waals surface area contributed by atoms with E-state index in [1.165, 1.54) is 18.4 Å². The van der Waals surface area contributed by atoms with Gasteiger partial charge in [0.05, 0.1) is 0 Å². The molecule has 1 amide bonds. The molecule has 7 heteroatoms. The van der Waals surface area contributed by atoms with Gasteiger partial charge in [0.2, 0.25) is 0 Å². The van der Waals surface area contributed by atoms with E-state index in [9.17, 15) is 4.79 Å². The Morgan fingerprint density at radius 2 is 1.63 bits per heavy atom. The van der Waals surface area contributed by atoms with E-state index in [1.54, 1.807) is 11.8 Å². The van der Waals surface area contributed by atoms with E-state index < -0.39 is 0 Å². The van der Waals surface area contributed by atoms with Crippen molar-refractivity contribution in [2.45, 2.75) is 43.0 Å². The molecule has 0 atom stereocenters. The first-order valence-corrected chi connectivity index (χ1v) is 13.8. The molecule has 5 rings (SSSR count). The summed E-state index contributed by atoms with van der Waals surface area (Å²) in [5.41, 5.74) is 3.29. The number of halogens is 1. The highest BCUT2D eigenvalue weighted by molar-refractivity contribution is 7.98. The zero-order valence-corrected chi connectivity index (χ0v) is 21.5. The molecule has 182 valence electrons. The Morgan fingerprint density at radius 1 is 0.914 bits per heavy atom. The number of benzene rings is 2. The lowest BCUT2D eigenvalue weighted by Gasteiger charge is -2.32. The average molecular weight is 507 g/mol. The van der Waals surface area contributed by atoms with Gasteiger partial charge in [0.15, 0.2) is 5.16 Å². The minimum atomic E-state index is 0.135. The van der Waals surface area contributed by atoms with Gasteiger partial charge in [0, 0.05) is 43.6 Å². The van der Waals surface area contributed by atoms with Crippen LogP contribution in [0.4, 0.5) is 5.82 Å². The summed E-state index contributed by atoms with van der Waals surface area (Å²) in [7, 11) is 0. The minimum Gasteiger partial charge on any atom is -0.356 e. The first-order chi connectivity index (χ1) is 17.1. The molecule has 0 bridgehead atoms. The maximum absolute atomic E-state index is 13.0. The van der Waals surface area contributed by atoms with Gasteiger partial charge in [-0.2, -0.15) is 0 Å². The number of amides is 1. The summed E-state index contributed by atoms with van der Waals surface area (Å²) in [6, 6.07) is 20.5. The van der Waals surface area contributed by atoms with Crippen LogP contribution in [0.25, 0.3) is 0 Å². The van der Waals surface area contributed by atoms with Crippen LogP contribution in [-0.2, 0) is 12.2 Å². The highest BCUT2D eigenvalue weighted by Gasteiger charge is 2.24. The van der Waals surface area contributed by atoms with Crippen molar-refractivity contribution in [1.82, 2.24) is 14.9 Å². The number of rotatable bonds is 7. The summed E-state index contributed by atoms with van der Waals surface area (Å²) in [6.07, 6.45) is 5.62. The Kier molecular flexibility index (Phi) is 7.89. The molecule has 1 aromatic heterocycles. The fraction of sp³-hybridized carbons (Fsp3) is 0.393. The molecule has 2 aliphatic rings. The number of hydrogen-bond acceptors (Lipinski definition) is 5. The molecule has 35 heavy (non-hydrogen) atoms. The van der Waals surface area contributed by atoms with E-state index in [-0.39, 0.29) is 5.91 Å². The van der Waals surface area contributed by atoms with Crippen molar-refractivity contribution < 1.29 is 4.79 Å². The number of thioether (sulfide) groups is 1. The van der Waals surface area contributed by atoms with Crippen LogP contribution >= 0.6 is 23.4 Å². The number of carbonyl (C=O) groups is 1. The summed E-state index contributed by atoms with van der Waals surface area (Å²) in [5, 5.41) is 1.18. The summed E-state index contributed by atoms with van der Waals surface area (Å²) >= 11 is 7.83. The third-order valence-corrected chi connectivity index (χ3v) is 8.04. The normalized spacial score (nSPS) is 16.6. The fourth-order valence-electron chi connectivity index (χ4n) is 4.92. The van der Waals surface area contributed by atoms with E-state index in [0.29, 0.717) is 16.2 Å². The maximum atomic E-state index is 13.0. The molecule has 0 unspecified atom stereocenters. The third kappa shape index (κ3) is 6.36. The number of nitrogens with zero attached hydrogens (tertiary/aromatic N) is 4. The molecular formula is C28H31ClN4OS. The molecule has 0 aliphatic carbocycles. The van der Waals surface area contributed by atoms with Crippen LogP contribution < -0.4 is 4.90 Å². The van der Waals surface area contributed by atoms with E-state index >= 15 is 0 Å². The van der Waals surface area contributed by atoms with E-state index in [1.807, 2.05) is 35.2 Å². The summed E-state index contributed by atoms with van der Waals surface area (Å²) in [6.45, 7) is 3.72. The molecule has 2 saturated heterocycles. The zero-order valence-electron chi connectivity index (χ0n) is 19.9. The van der Waals surface area contributed by atoms with Crippen LogP contribution in [0.15, 0.2) is 65.8 Å². The van der Waals surface area contributed by atoms with Gasteiger partial charge in [-0.25, -0.2) is 9.97 Å². The van der Waals surface area contributed by atoms with Crippen molar-refractivity contribution in [3.05, 3.63) is 82.5 Å². The van der Waals surface area contributed by atoms with Crippen molar-refractivity contribution in [2.24, 2.45) is 5.92 Å². The van der Waals surface area contributed by atoms with Gasteiger partial charge >= 0.3 is 0 Å². The predicted molar refractivity (Wildman–Crippen MR) is 143 cm³/mol. The zero-order chi connectivity index (χ0) is 24.0. The molecule has 0 spiro atoms. The van der Waals surface area contributed by atoms with E-state index in [0.717, 1.165) is 68.1 Å². The standard InChI is InChI=1S/C28H31ClN4OS/c29-25-19-26(32-14-4-5-15-32)31-28(30-25)35-20-23-8-10-24(11-9-23)27(34)33-16-12-22(13-17-33)18-21-6-2-1-3-7-21/h1-3,6-11,19,22H,4-5,12-18,20H2. The Morgan fingerprint density at radius 3 is 2.34 bits per heavy atom. The van der Waals surface area contributed by atoms with E-state index in [4.69, 9.17) is 16.6 Å². The number of likely N-dealkylation sites (tertiary alicyclic amines) is 1. The number of hydrogen-bond donors (Lipinski definition) is 0. The van der Waals surface area contributed by atoms with Crippen LogP contribution in [-0.4, -0.2) is 47.0 Å². The predicted octanol–water partition coefficient (Wildman–Crippen LogP) is 6.12. The maximum Gasteiger partial charge on any atom is 0.253 e. The quantitative estimate of drug-likeness (QED) is 0.219. The van der Waals surface area contributed by atoms with E-state index in [2.05, 4.69) is 40.2 Å². The number of piperidine rings is 1. The van der Waals surface area contributed by atoms with Gasteiger partial charge in [-0.3, -0.25) is 4.79 Å². The Hall–Kier alpha value is -2.57. The van der Waals surface area contributed by atoms with Crippen LogP contribution in [0.2, 0.25) is 5.15 Å². The topological polar surface area (TPSA) is 49.3 Å². The van der Waals surface area contributed by atoms with Crippen molar-refractivity contribution in [3.8, 4) is 0 Å². The molecule has 0 saturated carbocycles. The molecule has 0 N–H and O–H groups in total. The lowest BCUT2D eigenvalue weighted by atomic mass is 9.90. The molecule has 3 aromatic rings. The molecule has 2 fully saturated rings. The number of aromatic nitrogens is 2. The minimum absolute atomic E-state index is 0.135. The lowest BCUT2D eigenvalue weighted by Crippen LogP contribution is -2.38. The SMILES string of the molecule is O=C(c1ccc(CSc2nc(Cl)cc(N3CCCC3)n2)cc1)N1CCC(Cc2ccccc2)CC1. The molecule has 5 nitrogen and oxygen atoms in total.